The van der Waals surface area contributed by atoms with E-state index in [2.05, 4.69) is 54.8 Å². The summed E-state index contributed by atoms with van der Waals surface area (Å²) in [4.78, 5) is 26.7. The van der Waals surface area contributed by atoms with Crippen LogP contribution >= 0.6 is 0 Å². The highest BCUT2D eigenvalue weighted by Crippen LogP contribution is 2.29. The van der Waals surface area contributed by atoms with E-state index in [1.165, 1.54) is 31.2 Å². The van der Waals surface area contributed by atoms with Crippen LogP contribution in [0.3, 0.4) is 0 Å². The van der Waals surface area contributed by atoms with Gasteiger partial charge in [0.15, 0.2) is 5.82 Å². The van der Waals surface area contributed by atoms with Crippen LogP contribution in [0.2, 0.25) is 0 Å². The van der Waals surface area contributed by atoms with Crippen molar-refractivity contribution in [2.45, 2.75) is 59.3 Å². The summed E-state index contributed by atoms with van der Waals surface area (Å²) in [5.41, 5.74) is 4.42. The first-order chi connectivity index (χ1) is 14.5. The van der Waals surface area contributed by atoms with Crippen molar-refractivity contribution in [2.24, 2.45) is 5.92 Å². The number of hydrogen-bond donors (Lipinski definition) is 0. The summed E-state index contributed by atoms with van der Waals surface area (Å²) in [6, 6.07) is 8.35. The fraction of sp³-hybridized carbons (Fsp3) is 0.560. The van der Waals surface area contributed by atoms with Crippen LogP contribution in [0.5, 0.6) is 0 Å². The second kappa shape index (κ2) is 9.15. The maximum atomic E-state index is 12.7. The van der Waals surface area contributed by atoms with Crippen molar-refractivity contribution in [1.29, 1.82) is 0 Å². The Hall–Kier alpha value is -2.43. The zero-order valence-electron chi connectivity index (χ0n) is 18.7. The summed E-state index contributed by atoms with van der Waals surface area (Å²) in [6.07, 6.45) is 7.11. The first-order valence-corrected chi connectivity index (χ1v) is 11.5. The lowest BCUT2D eigenvalue weighted by Gasteiger charge is -2.36. The summed E-state index contributed by atoms with van der Waals surface area (Å²) in [6.45, 7) is 9.48. The van der Waals surface area contributed by atoms with Crippen LogP contribution in [-0.4, -0.2) is 47.0 Å². The highest BCUT2D eigenvalue weighted by molar-refractivity contribution is 5.76. The Morgan fingerprint density at radius 3 is 2.47 bits per heavy atom. The first kappa shape index (κ1) is 20.8. The Bertz CT molecular complexity index is 896. The highest BCUT2D eigenvalue weighted by atomic mass is 16.2. The molecule has 4 rings (SSSR count). The number of rotatable bonds is 5. The van der Waals surface area contributed by atoms with Crippen LogP contribution < -0.4 is 4.90 Å². The Kier molecular flexibility index (Phi) is 6.35. The molecule has 1 saturated heterocycles. The number of carbonyl (C=O) groups excluding carboxylic acids is 1. The topological polar surface area (TPSA) is 49.3 Å². The molecule has 1 aliphatic heterocycles. The van der Waals surface area contributed by atoms with Crippen LogP contribution in [0.25, 0.3) is 11.4 Å². The van der Waals surface area contributed by atoms with E-state index in [4.69, 9.17) is 9.97 Å². The number of amides is 1. The SMILES string of the molecule is Cc1cccc(-c2nc(C)c(C)c(N3CCN(C(=O)CCC4CCCC4)CC3)n2)c1. The molecule has 1 saturated carbocycles. The van der Waals surface area contributed by atoms with Gasteiger partial charge in [0.25, 0.3) is 0 Å². The van der Waals surface area contributed by atoms with Crippen molar-refractivity contribution in [3.63, 3.8) is 0 Å². The Labute approximate surface area is 180 Å². The number of piperazine rings is 1. The minimum atomic E-state index is 0.331. The standard InChI is InChI=1S/C25H34N4O/c1-18-7-6-10-22(17-18)24-26-20(3)19(2)25(27-24)29-15-13-28(14-16-29)23(30)12-11-21-8-4-5-9-21/h6-7,10,17,21H,4-5,8-9,11-16H2,1-3H3. The van der Waals surface area contributed by atoms with E-state index in [9.17, 15) is 4.79 Å². The molecular weight excluding hydrogens is 372 g/mol. The number of anilines is 1. The molecule has 1 aromatic heterocycles. The van der Waals surface area contributed by atoms with Crippen molar-refractivity contribution in [3.05, 3.63) is 41.1 Å². The summed E-state index contributed by atoms with van der Waals surface area (Å²) in [5.74, 6) is 2.91. The monoisotopic (exact) mass is 406 g/mol. The molecule has 1 aliphatic carbocycles. The fourth-order valence-electron chi connectivity index (χ4n) is 4.79. The highest BCUT2D eigenvalue weighted by Gasteiger charge is 2.25. The largest absolute Gasteiger partial charge is 0.353 e. The summed E-state index contributed by atoms with van der Waals surface area (Å²) >= 11 is 0. The average molecular weight is 407 g/mol. The first-order valence-electron chi connectivity index (χ1n) is 11.5. The van der Waals surface area contributed by atoms with Crippen molar-refractivity contribution >= 4 is 11.7 Å². The van der Waals surface area contributed by atoms with E-state index in [1.807, 2.05) is 0 Å². The zero-order valence-corrected chi connectivity index (χ0v) is 18.7. The van der Waals surface area contributed by atoms with Crippen LogP contribution in [0, 0.1) is 26.7 Å². The smallest absolute Gasteiger partial charge is 0.222 e. The van der Waals surface area contributed by atoms with Crippen molar-refractivity contribution < 1.29 is 4.79 Å². The lowest BCUT2D eigenvalue weighted by Crippen LogP contribution is -2.49. The van der Waals surface area contributed by atoms with E-state index in [0.717, 1.165) is 67.0 Å². The van der Waals surface area contributed by atoms with E-state index in [0.29, 0.717) is 12.3 Å². The van der Waals surface area contributed by atoms with Crippen LogP contribution in [0.15, 0.2) is 24.3 Å². The number of aromatic nitrogens is 2. The lowest BCUT2D eigenvalue weighted by molar-refractivity contribution is -0.131. The molecule has 0 unspecified atom stereocenters. The molecule has 5 nitrogen and oxygen atoms in total. The minimum absolute atomic E-state index is 0.331. The van der Waals surface area contributed by atoms with Gasteiger partial charge in [-0.05, 0) is 39.2 Å². The Morgan fingerprint density at radius 2 is 1.77 bits per heavy atom. The molecule has 0 N–H and O–H groups in total. The van der Waals surface area contributed by atoms with Crippen LogP contribution in [0.4, 0.5) is 5.82 Å². The van der Waals surface area contributed by atoms with E-state index in [1.54, 1.807) is 0 Å². The second-order valence-corrected chi connectivity index (χ2v) is 9.01. The Balaban J connectivity index is 1.42. The third kappa shape index (κ3) is 4.66. The fourth-order valence-corrected chi connectivity index (χ4v) is 4.79. The normalized spacial score (nSPS) is 17.6. The molecule has 0 spiro atoms. The van der Waals surface area contributed by atoms with Gasteiger partial charge in [0, 0.05) is 49.4 Å². The molecule has 2 aliphatic rings. The van der Waals surface area contributed by atoms with Gasteiger partial charge < -0.3 is 9.80 Å². The van der Waals surface area contributed by atoms with Gasteiger partial charge in [-0.2, -0.15) is 0 Å². The predicted octanol–water partition coefficient (Wildman–Crippen LogP) is 4.69. The number of nitrogens with zero attached hydrogens (tertiary/aromatic N) is 4. The quantitative estimate of drug-likeness (QED) is 0.723. The van der Waals surface area contributed by atoms with Crippen LogP contribution in [-0.2, 0) is 4.79 Å². The molecule has 2 fully saturated rings. The minimum Gasteiger partial charge on any atom is -0.353 e. The molecule has 0 radical (unpaired) electrons. The number of hydrogen-bond acceptors (Lipinski definition) is 4. The number of carbonyl (C=O) groups is 1. The molecule has 160 valence electrons. The molecular formula is C25H34N4O. The van der Waals surface area contributed by atoms with Gasteiger partial charge in [0.2, 0.25) is 5.91 Å². The third-order valence-corrected chi connectivity index (χ3v) is 6.81. The van der Waals surface area contributed by atoms with Gasteiger partial charge in [0.05, 0.1) is 0 Å². The van der Waals surface area contributed by atoms with Gasteiger partial charge in [0.1, 0.15) is 5.82 Å². The number of benzene rings is 1. The molecule has 0 bridgehead atoms. The van der Waals surface area contributed by atoms with Crippen LogP contribution in [0.1, 0.15) is 55.3 Å². The van der Waals surface area contributed by atoms with Crippen molar-refractivity contribution in [3.8, 4) is 11.4 Å². The van der Waals surface area contributed by atoms with E-state index < -0.39 is 0 Å². The summed E-state index contributed by atoms with van der Waals surface area (Å²) < 4.78 is 0. The molecule has 30 heavy (non-hydrogen) atoms. The maximum Gasteiger partial charge on any atom is 0.222 e. The van der Waals surface area contributed by atoms with E-state index >= 15 is 0 Å². The van der Waals surface area contributed by atoms with Gasteiger partial charge in [-0.1, -0.05) is 49.4 Å². The molecule has 2 aromatic rings. The predicted molar refractivity (Wildman–Crippen MR) is 122 cm³/mol. The van der Waals surface area contributed by atoms with Crippen molar-refractivity contribution in [2.75, 3.05) is 31.1 Å². The number of aryl methyl sites for hydroxylation is 2. The van der Waals surface area contributed by atoms with E-state index in [-0.39, 0.29) is 0 Å². The summed E-state index contributed by atoms with van der Waals surface area (Å²) in [5, 5.41) is 0. The second-order valence-electron chi connectivity index (χ2n) is 9.01. The average Bonchev–Trinajstić information content (AvgIpc) is 3.28. The molecule has 5 heteroatoms. The zero-order chi connectivity index (χ0) is 21.1. The maximum absolute atomic E-state index is 12.7. The Morgan fingerprint density at radius 1 is 1.03 bits per heavy atom. The van der Waals surface area contributed by atoms with Crippen molar-refractivity contribution in [1.82, 2.24) is 14.9 Å². The van der Waals surface area contributed by atoms with Gasteiger partial charge in [-0.3, -0.25) is 4.79 Å². The molecule has 1 aromatic carbocycles. The summed E-state index contributed by atoms with van der Waals surface area (Å²) in [7, 11) is 0. The molecule has 0 atom stereocenters. The molecule has 1 amide bonds. The van der Waals surface area contributed by atoms with Gasteiger partial charge >= 0.3 is 0 Å². The lowest BCUT2D eigenvalue weighted by atomic mass is 10.0. The van der Waals surface area contributed by atoms with Gasteiger partial charge in [-0.25, -0.2) is 9.97 Å². The molecule has 2 heterocycles. The third-order valence-electron chi connectivity index (χ3n) is 6.81. The van der Waals surface area contributed by atoms with Gasteiger partial charge in [-0.15, -0.1) is 0 Å².